The van der Waals surface area contributed by atoms with Crippen LogP contribution in [0.5, 0.6) is 5.88 Å². The number of nitrogens with zero attached hydrogens (tertiary/aromatic N) is 3. The summed E-state index contributed by atoms with van der Waals surface area (Å²) in [6, 6.07) is 3.74. The molecule has 0 saturated carbocycles. The maximum atomic E-state index is 12.3. The molecule has 0 saturated heterocycles. The van der Waals surface area contributed by atoms with Gasteiger partial charge < -0.3 is 14.2 Å². The molecule has 0 bridgehead atoms. The summed E-state index contributed by atoms with van der Waals surface area (Å²) in [6.45, 7) is 4.22. The van der Waals surface area contributed by atoms with Crippen LogP contribution in [0.2, 0.25) is 0 Å². The first kappa shape index (κ1) is 16.0. The van der Waals surface area contributed by atoms with Crippen LogP contribution in [0.3, 0.4) is 0 Å². The molecule has 118 valence electrons. The molecule has 0 N–H and O–H groups in total. The van der Waals surface area contributed by atoms with Crippen LogP contribution in [0.15, 0.2) is 22.9 Å². The van der Waals surface area contributed by atoms with Crippen LogP contribution in [-0.2, 0) is 17.8 Å². The number of carbonyl (C=O) groups excluding carboxylic acids is 1. The number of aryl methyl sites for hydroxylation is 2. The van der Waals surface area contributed by atoms with Gasteiger partial charge in [-0.3, -0.25) is 4.79 Å². The predicted octanol–water partition coefficient (Wildman–Crippen LogP) is 2.29. The topological polar surface area (TPSA) is 68.5 Å². The lowest BCUT2D eigenvalue weighted by atomic mass is 10.1. The number of ether oxygens (including phenoxy) is 1. The van der Waals surface area contributed by atoms with E-state index in [1.807, 2.05) is 26.0 Å². The van der Waals surface area contributed by atoms with Crippen molar-refractivity contribution in [1.29, 1.82) is 0 Å². The van der Waals surface area contributed by atoms with Gasteiger partial charge in [-0.2, -0.15) is 0 Å². The molecule has 0 atom stereocenters. The molecule has 0 aliphatic rings. The molecule has 2 aromatic heterocycles. The number of hydrogen-bond donors (Lipinski definition) is 0. The lowest BCUT2D eigenvalue weighted by Gasteiger charge is -2.18. The third-order valence-electron chi connectivity index (χ3n) is 3.65. The Morgan fingerprint density at radius 2 is 2.18 bits per heavy atom. The fourth-order valence-corrected chi connectivity index (χ4v) is 2.35. The standard InChI is InChI=1S/C16H21N3O3/c1-11-14(12(2)22-18-11)7-8-15(20)19(3)10-13-6-5-9-17-16(13)21-4/h5-6,9H,7-8,10H2,1-4H3. The van der Waals surface area contributed by atoms with Gasteiger partial charge in [0.1, 0.15) is 5.76 Å². The Morgan fingerprint density at radius 1 is 1.41 bits per heavy atom. The Balaban J connectivity index is 1.95. The van der Waals surface area contributed by atoms with Crippen molar-refractivity contribution in [2.45, 2.75) is 33.2 Å². The Kier molecular flexibility index (Phi) is 5.14. The van der Waals surface area contributed by atoms with Crippen LogP contribution >= 0.6 is 0 Å². The van der Waals surface area contributed by atoms with Crippen LogP contribution in [-0.4, -0.2) is 35.1 Å². The molecule has 6 heteroatoms. The highest BCUT2D eigenvalue weighted by molar-refractivity contribution is 5.76. The number of hydrogen-bond acceptors (Lipinski definition) is 5. The van der Waals surface area contributed by atoms with Gasteiger partial charge >= 0.3 is 0 Å². The number of aromatic nitrogens is 2. The normalized spacial score (nSPS) is 10.5. The second-order valence-electron chi connectivity index (χ2n) is 5.22. The lowest BCUT2D eigenvalue weighted by Crippen LogP contribution is -2.26. The largest absolute Gasteiger partial charge is 0.481 e. The zero-order chi connectivity index (χ0) is 16.1. The molecule has 0 unspecified atom stereocenters. The van der Waals surface area contributed by atoms with Gasteiger partial charge in [0.15, 0.2) is 0 Å². The molecule has 0 aromatic carbocycles. The Bertz CT molecular complexity index is 632. The molecular formula is C16H21N3O3. The average molecular weight is 303 g/mol. The van der Waals surface area contributed by atoms with Crippen LogP contribution in [0.25, 0.3) is 0 Å². The van der Waals surface area contributed by atoms with E-state index in [9.17, 15) is 4.79 Å². The first-order valence-corrected chi connectivity index (χ1v) is 7.16. The second kappa shape index (κ2) is 7.06. The van der Waals surface area contributed by atoms with Crippen molar-refractivity contribution in [2.24, 2.45) is 0 Å². The minimum absolute atomic E-state index is 0.0610. The molecule has 0 aliphatic carbocycles. The van der Waals surface area contributed by atoms with Gasteiger partial charge in [-0.15, -0.1) is 0 Å². The minimum atomic E-state index is 0.0610. The summed E-state index contributed by atoms with van der Waals surface area (Å²) < 4.78 is 10.3. The van der Waals surface area contributed by atoms with Gasteiger partial charge in [0, 0.05) is 30.8 Å². The molecule has 22 heavy (non-hydrogen) atoms. The average Bonchev–Trinajstić information content (AvgIpc) is 2.84. The minimum Gasteiger partial charge on any atom is -0.481 e. The Labute approximate surface area is 130 Å². The van der Waals surface area contributed by atoms with Crippen LogP contribution in [0.4, 0.5) is 0 Å². The highest BCUT2D eigenvalue weighted by Crippen LogP contribution is 2.17. The molecule has 0 aliphatic heterocycles. The number of methoxy groups -OCH3 is 1. The fourth-order valence-electron chi connectivity index (χ4n) is 2.35. The van der Waals surface area contributed by atoms with Gasteiger partial charge in [0.05, 0.1) is 19.3 Å². The van der Waals surface area contributed by atoms with Crippen molar-refractivity contribution in [1.82, 2.24) is 15.0 Å². The predicted molar refractivity (Wildman–Crippen MR) is 81.6 cm³/mol. The number of carbonyl (C=O) groups is 1. The van der Waals surface area contributed by atoms with Crippen molar-refractivity contribution < 1.29 is 14.1 Å². The van der Waals surface area contributed by atoms with Gasteiger partial charge in [0.25, 0.3) is 0 Å². The molecule has 2 rings (SSSR count). The van der Waals surface area contributed by atoms with Gasteiger partial charge in [0.2, 0.25) is 11.8 Å². The fraction of sp³-hybridized carbons (Fsp3) is 0.438. The summed E-state index contributed by atoms with van der Waals surface area (Å²) in [5.74, 6) is 1.39. The van der Waals surface area contributed by atoms with Crippen LogP contribution in [0.1, 0.15) is 29.0 Å². The Hall–Kier alpha value is -2.37. The van der Waals surface area contributed by atoms with E-state index < -0.39 is 0 Å². The van der Waals surface area contributed by atoms with Crippen molar-refractivity contribution >= 4 is 5.91 Å². The summed E-state index contributed by atoms with van der Waals surface area (Å²) in [4.78, 5) is 18.1. The van der Waals surface area contributed by atoms with Gasteiger partial charge in [-0.05, 0) is 26.3 Å². The molecule has 0 radical (unpaired) electrons. The lowest BCUT2D eigenvalue weighted by molar-refractivity contribution is -0.130. The molecule has 6 nitrogen and oxygen atoms in total. The number of amides is 1. The maximum absolute atomic E-state index is 12.3. The van der Waals surface area contributed by atoms with E-state index in [2.05, 4.69) is 10.1 Å². The van der Waals surface area contributed by atoms with Crippen LogP contribution in [0, 0.1) is 13.8 Å². The molecule has 2 heterocycles. The van der Waals surface area contributed by atoms with E-state index in [0.717, 1.165) is 22.6 Å². The smallest absolute Gasteiger partial charge is 0.222 e. The molecule has 1 amide bonds. The molecule has 0 spiro atoms. The van der Waals surface area contributed by atoms with E-state index in [0.29, 0.717) is 25.3 Å². The first-order valence-electron chi connectivity index (χ1n) is 7.16. The monoisotopic (exact) mass is 303 g/mol. The van der Waals surface area contributed by atoms with E-state index in [1.165, 1.54) is 0 Å². The molecule has 0 fully saturated rings. The zero-order valence-corrected chi connectivity index (χ0v) is 13.4. The number of pyridine rings is 1. The summed E-state index contributed by atoms with van der Waals surface area (Å²) >= 11 is 0. The summed E-state index contributed by atoms with van der Waals surface area (Å²) in [6.07, 6.45) is 2.72. The second-order valence-corrected chi connectivity index (χ2v) is 5.22. The van der Waals surface area contributed by atoms with E-state index in [1.54, 1.807) is 25.3 Å². The molecular weight excluding hydrogens is 282 g/mol. The van der Waals surface area contributed by atoms with E-state index in [4.69, 9.17) is 9.26 Å². The van der Waals surface area contributed by atoms with Crippen molar-refractivity contribution in [3.8, 4) is 5.88 Å². The molecule has 2 aromatic rings. The third-order valence-corrected chi connectivity index (χ3v) is 3.65. The maximum Gasteiger partial charge on any atom is 0.222 e. The van der Waals surface area contributed by atoms with E-state index >= 15 is 0 Å². The zero-order valence-electron chi connectivity index (χ0n) is 13.4. The summed E-state index contributed by atoms with van der Waals surface area (Å²) in [7, 11) is 3.35. The first-order chi connectivity index (χ1) is 10.5. The Morgan fingerprint density at radius 3 is 2.82 bits per heavy atom. The highest BCUT2D eigenvalue weighted by atomic mass is 16.5. The summed E-state index contributed by atoms with van der Waals surface area (Å²) in [5.41, 5.74) is 2.75. The van der Waals surface area contributed by atoms with Crippen molar-refractivity contribution in [3.05, 3.63) is 40.9 Å². The van der Waals surface area contributed by atoms with Crippen LogP contribution < -0.4 is 4.74 Å². The SMILES string of the molecule is COc1ncccc1CN(C)C(=O)CCc1c(C)noc1C. The number of rotatable bonds is 6. The van der Waals surface area contributed by atoms with Gasteiger partial charge in [-0.1, -0.05) is 11.2 Å². The summed E-state index contributed by atoms with van der Waals surface area (Å²) in [5, 5.41) is 3.90. The highest BCUT2D eigenvalue weighted by Gasteiger charge is 2.15. The van der Waals surface area contributed by atoms with E-state index in [-0.39, 0.29) is 5.91 Å². The van der Waals surface area contributed by atoms with Gasteiger partial charge in [-0.25, -0.2) is 4.98 Å². The van der Waals surface area contributed by atoms with Crippen molar-refractivity contribution in [2.75, 3.05) is 14.2 Å². The third kappa shape index (κ3) is 3.63. The quantitative estimate of drug-likeness (QED) is 0.819. The van der Waals surface area contributed by atoms with Crippen molar-refractivity contribution in [3.63, 3.8) is 0 Å².